The summed E-state index contributed by atoms with van der Waals surface area (Å²) in [6.07, 6.45) is 9.06. The minimum atomic E-state index is -1.67. The first-order chi connectivity index (χ1) is 23.6. The van der Waals surface area contributed by atoms with Gasteiger partial charge < -0.3 is 14.5 Å². The number of anilines is 1. The number of nitrogens with zero attached hydrogens (tertiary/aromatic N) is 6. The highest BCUT2D eigenvalue weighted by Gasteiger charge is 2.48. The number of aromatic nitrogens is 3. The third-order valence-corrected chi connectivity index (χ3v) is 10.4. The van der Waals surface area contributed by atoms with Crippen molar-refractivity contribution in [3.8, 4) is 29.6 Å². The number of rotatable bonds is 7. The molecule has 3 atom stereocenters. The minimum Gasteiger partial charge on any atom is -0.461 e. The van der Waals surface area contributed by atoms with Crippen molar-refractivity contribution in [1.82, 2.24) is 24.8 Å². The lowest BCUT2D eigenvalue weighted by molar-refractivity contribution is -0.126. The van der Waals surface area contributed by atoms with E-state index in [-0.39, 0.29) is 65.9 Å². The number of pyridine rings is 1. The maximum Gasteiger partial charge on any atom is 0.319 e. The number of terminal acetylenes is 1. The van der Waals surface area contributed by atoms with Crippen LogP contribution in [0.2, 0.25) is 0 Å². The maximum absolute atomic E-state index is 16.9. The summed E-state index contributed by atoms with van der Waals surface area (Å²) in [5, 5.41) is 1.26. The second-order valence-electron chi connectivity index (χ2n) is 13.0. The Morgan fingerprint density at radius 3 is 2.80 bits per heavy atom. The largest absolute Gasteiger partial charge is 0.461 e. The number of carbonyl (C=O) groups is 1. The van der Waals surface area contributed by atoms with Crippen LogP contribution in [0.15, 0.2) is 60.8 Å². The molecule has 4 aromatic rings. The molecule has 8 nitrogen and oxygen atoms in total. The van der Waals surface area contributed by atoms with Crippen molar-refractivity contribution in [2.45, 2.75) is 50.2 Å². The van der Waals surface area contributed by atoms with Gasteiger partial charge in [-0.05, 0) is 56.7 Å². The van der Waals surface area contributed by atoms with Gasteiger partial charge in [0.05, 0.1) is 22.5 Å². The van der Waals surface area contributed by atoms with E-state index in [1.165, 1.54) is 18.3 Å². The molecule has 0 spiro atoms. The summed E-state index contributed by atoms with van der Waals surface area (Å²) in [5.74, 6) is 1.14. The molecule has 1 amide bonds. The van der Waals surface area contributed by atoms with Crippen molar-refractivity contribution in [2.75, 3.05) is 38.2 Å². The van der Waals surface area contributed by atoms with E-state index >= 15 is 4.39 Å². The molecule has 12 heteroatoms. The average Bonchev–Trinajstić information content (AvgIpc) is 3.79. The quantitative estimate of drug-likeness (QED) is 0.127. The fraction of sp³-hybridized carbons (Fsp3) is 0.351. The molecule has 2 aromatic carbocycles. The van der Waals surface area contributed by atoms with Crippen molar-refractivity contribution in [3.05, 3.63) is 78.0 Å². The first kappa shape index (κ1) is 32.5. The van der Waals surface area contributed by atoms with Crippen molar-refractivity contribution >= 4 is 33.4 Å². The highest BCUT2D eigenvalue weighted by Crippen LogP contribution is 2.43. The van der Waals surface area contributed by atoms with Gasteiger partial charge in [-0.1, -0.05) is 36.8 Å². The van der Waals surface area contributed by atoms with Crippen molar-refractivity contribution < 1.29 is 27.1 Å². The van der Waals surface area contributed by atoms with Crippen LogP contribution in [0.25, 0.3) is 32.9 Å². The van der Waals surface area contributed by atoms with Gasteiger partial charge in [0, 0.05) is 48.9 Å². The smallest absolute Gasteiger partial charge is 0.319 e. The number of benzene rings is 2. The lowest BCUT2D eigenvalue weighted by Gasteiger charge is -2.32. The summed E-state index contributed by atoms with van der Waals surface area (Å²) in [4.78, 5) is 31.9. The zero-order chi connectivity index (χ0) is 34.6. The average molecular weight is 671 g/mol. The molecular weight excluding hydrogens is 636 g/mol. The molecule has 0 bridgehead atoms. The summed E-state index contributed by atoms with van der Waals surface area (Å²) in [6.45, 7) is 6.92. The number of likely N-dealkylation sites (tertiary alicyclic amines) is 1. The predicted octanol–water partition coefficient (Wildman–Crippen LogP) is 6.48. The van der Waals surface area contributed by atoms with E-state index in [1.807, 2.05) is 23.8 Å². The fourth-order valence-electron chi connectivity index (χ4n) is 7.93. The van der Waals surface area contributed by atoms with E-state index in [2.05, 4.69) is 22.5 Å². The van der Waals surface area contributed by atoms with Gasteiger partial charge in [-0.2, -0.15) is 18.7 Å². The van der Waals surface area contributed by atoms with Crippen LogP contribution in [0.4, 0.5) is 23.4 Å². The van der Waals surface area contributed by atoms with Gasteiger partial charge >= 0.3 is 6.01 Å². The molecular formula is C37H34F4N6O2. The minimum absolute atomic E-state index is 0.00884. The molecule has 252 valence electrons. The Balaban J connectivity index is 1.35. The first-order valence-corrected chi connectivity index (χ1v) is 16.2. The van der Waals surface area contributed by atoms with Crippen LogP contribution >= 0.6 is 0 Å². The number of hydrogen-bond donors (Lipinski definition) is 0. The summed E-state index contributed by atoms with van der Waals surface area (Å²) >= 11 is 0. The highest BCUT2D eigenvalue weighted by molar-refractivity contribution is 6.02. The SMILES string of the molecule is C#Cc1c(F)ccc2cccc(-c3ncc4c(N(C)[C@@H]5CCN(C(=O)C=C)[C@@H]5C)nc(OC[C@@]56CCCN5CC(=C(F)F)C6)nc4c3F)c12. The lowest BCUT2D eigenvalue weighted by Crippen LogP contribution is -2.44. The van der Waals surface area contributed by atoms with E-state index in [9.17, 15) is 18.0 Å². The van der Waals surface area contributed by atoms with Crippen molar-refractivity contribution in [3.63, 3.8) is 0 Å². The molecule has 3 aliphatic rings. The molecule has 3 saturated heterocycles. The van der Waals surface area contributed by atoms with Gasteiger partial charge in [0.25, 0.3) is 6.08 Å². The van der Waals surface area contributed by atoms with E-state index in [4.69, 9.17) is 16.1 Å². The van der Waals surface area contributed by atoms with Gasteiger partial charge in [-0.25, -0.2) is 8.78 Å². The Kier molecular flexibility index (Phi) is 8.27. The summed E-state index contributed by atoms with van der Waals surface area (Å²) < 4.78 is 65.2. The molecule has 0 aliphatic carbocycles. The number of ether oxygens (including phenoxy) is 1. The molecule has 0 radical (unpaired) electrons. The van der Waals surface area contributed by atoms with E-state index in [1.54, 1.807) is 29.2 Å². The number of carbonyl (C=O) groups excluding carboxylic acids is 1. The molecule has 2 aromatic heterocycles. The van der Waals surface area contributed by atoms with Crippen LogP contribution in [0.5, 0.6) is 6.01 Å². The van der Waals surface area contributed by atoms with Gasteiger partial charge in [0.15, 0.2) is 5.82 Å². The number of halogens is 4. The molecule has 0 N–H and O–H groups in total. The summed E-state index contributed by atoms with van der Waals surface area (Å²) in [7, 11) is 1.81. The Bertz CT molecular complexity index is 2090. The number of fused-ring (bicyclic) bond motifs is 3. The molecule has 49 heavy (non-hydrogen) atoms. The Hall–Kier alpha value is -5.02. The van der Waals surface area contributed by atoms with Crippen molar-refractivity contribution in [2.24, 2.45) is 0 Å². The monoisotopic (exact) mass is 670 g/mol. The van der Waals surface area contributed by atoms with Gasteiger partial charge in [0.1, 0.15) is 29.5 Å². The first-order valence-electron chi connectivity index (χ1n) is 16.2. The molecule has 7 rings (SSSR count). The molecule has 0 unspecified atom stereocenters. The second-order valence-corrected chi connectivity index (χ2v) is 13.0. The van der Waals surface area contributed by atoms with Gasteiger partial charge in [0.2, 0.25) is 5.91 Å². The summed E-state index contributed by atoms with van der Waals surface area (Å²) in [5.41, 5.74) is -0.431. The Labute approximate surface area is 281 Å². The Morgan fingerprint density at radius 2 is 2.04 bits per heavy atom. The van der Waals surface area contributed by atoms with Gasteiger partial charge in [-0.3, -0.25) is 14.7 Å². The van der Waals surface area contributed by atoms with Crippen LogP contribution in [0.3, 0.4) is 0 Å². The zero-order valence-corrected chi connectivity index (χ0v) is 27.1. The third-order valence-electron chi connectivity index (χ3n) is 10.4. The lowest BCUT2D eigenvalue weighted by atomic mass is 9.94. The van der Waals surface area contributed by atoms with Crippen molar-refractivity contribution in [1.29, 1.82) is 0 Å². The molecule has 0 saturated carbocycles. The number of amides is 1. The maximum atomic E-state index is 16.9. The standard InChI is InChI=1S/C37H34F4N6O2/c1-5-24-27(38)12-11-22-9-7-10-25(30(22)24)32-31(39)33-26(18-42-32)35(45(4)28-13-16-47(21(28)3)29(48)6-2)44-36(43-33)49-20-37-14-8-15-46(37)19-23(17-37)34(40)41/h1,6-7,9-12,18,21,28H,2,8,13-17,19-20H2,3-4H3/t21-,28-,37+/m1/s1. The summed E-state index contributed by atoms with van der Waals surface area (Å²) in [6, 6.07) is 7.39. The van der Waals surface area contributed by atoms with Gasteiger partial charge in [-0.15, -0.1) is 6.42 Å². The van der Waals surface area contributed by atoms with E-state index in [0.29, 0.717) is 53.5 Å². The highest BCUT2D eigenvalue weighted by atomic mass is 19.3. The molecule has 3 aliphatic heterocycles. The fourth-order valence-corrected chi connectivity index (χ4v) is 7.93. The molecule has 5 heterocycles. The van der Waals surface area contributed by atoms with E-state index < -0.39 is 23.3 Å². The van der Waals surface area contributed by atoms with Crippen LogP contribution in [0.1, 0.15) is 38.2 Å². The van der Waals surface area contributed by atoms with Crippen LogP contribution in [0, 0.1) is 24.0 Å². The number of hydrogen-bond acceptors (Lipinski definition) is 7. The Morgan fingerprint density at radius 1 is 1.22 bits per heavy atom. The predicted molar refractivity (Wildman–Crippen MR) is 179 cm³/mol. The number of likely N-dealkylation sites (N-methyl/N-ethyl adjacent to an activating group) is 1. The van der Waals surface area contributed by atoms with Crippen LogP contribution in [-0.4, -0.2) is 81.6 Å². The topological polar surface area (TPSA) is 74.7 Å². The van der Waals surface area contributed by atoms with E-state index in [0.717, 1.165) is 6.42 Å². The second kappa shape index (κ2) is 12.5. The van der Waals surface area contributed by atoms with Crippen LogP contribution in [-0.2, 0) is 4.79 Å². The van der Waals surface area contributed by atoms with Crippen LogP contribution < -0.4 is 9.64 Å². The zero-order valence-electron chi connectivity index (χ0n) is 27.1. The normalized spacial score (nSPS) is 22.1. The molecule has 3 fully saturated rings. The third kappa shape index (κ3) is 5.37.